The Balaban J connectivity index is 2.20. The average molecular weight is 327 g/mol. The van der Waals surface area contributed by atoms with Crippen LogP contribution in [0.1, 0.15) is 10.4 Å². The first-order valence-corrected chi connectivity index (χ1v) is 8.32. The second kappa shape index (κ2) is 6.02. The maximum atomic E-state index is 5.32. The van der Waals surface area contributed by atoms with Gasteiger partial charge in [-0.15, -0.1) is 17.9 Å². The lowest BCUT2D eigenvalue weighted by molar-refractivity contribution is 0.814. The highest BCUT2D eigenvalue weighted by Crippen LogP contribution is 2.38. The van der Waals surface area contributed by atoms with Crippen molar-refractivity contribution in [3.63, 3.8) is 0 Å². The van der Waals surface area contributed by atoms with Crippen molar-refractivity contribution in [3.05, 3.63) is 57.5 Å². The molecule has 0 fully saturated rings. The molecule has 1 N–H and O–H groups in total. The molecule has 112 valence electrons. The Morgan fingerprint density at radius 1 is 1.32 bits per heavy atom. The van der Waals surface area contributed by atoms with Crippen molar-refractivity contribution in [1.82, 2.24) is 14.8 Å². The number of allylic oxidation sites excluding steroid dienone is 1. The summed E-state index contributed by atoms with van der Waals surface area (Å²) in [6.07, 6.45) is 1.83. The normalized spacial score (nSPS) is 10.8. The number of aryl methyl sites for hydroxylation is 2. The topological polar surface area (TPSA) is 33.6 Å². The molecule has 22 heavy (non-hydrogen) atoms. The fraction of sp³-hybridized carbons (Fsp3) is 0.176. The van der Waals surface area contributed by atoms with Crippen molar-refractivity contribution in [2.75, 3.05) is 0 Å². The van der Waals surface area contributed by atoms with Crippen LogP contribution in [0.5, 0.6) is 0 Å². The Kier molecular flexibility index (Phi) is 4.09. The van der Waals surface area contributed by atoms with E-state index in [-0.39, 0.29) is 0 Å². The van der Waals surface area contributed by atoms with E-state index in [1.807, 2.05) is 10.6 Å². The maximum Gasteiger partial charge on any atom is 0.195 e. The molecule has 0 saturated carbocycles. The summed E-state index contributed by atoms with van der Waals surface area (Å²) in [5, 5.41) is 9.46. The van der Waals surface area contributed by atoms with Crippen molar-refractivity contribution in [2.45, 2.75) is 20.4 Å². The highest BCUT2D eigenvalue weighted by molar-refractivity contribution is 7.71. The smallest absolute Gasteiger partial charge is 0.195 e. The van der Waals surface area contributed by atoms with Gasteiger partial charge in [-0.2, -0.15) is 5.10 Å². The lowest BCUT2D eigenvalue weighted by Gasteiger charge is -2.08. The van der Waals surface area contributed by atoms with Gasteiger partial charge in [0.25, 0.3) is 0 Å². The number of aromatic amines is 1. The minimum absolute atomic E-state index is 0.619. The molecule has 0 radical (unpaired) electrons. The summed E-state index contributed by atoms with van der Waals surface area (Å²) in [7, 11) is 0. The van der Waals surface area contributed by atoms with Crippen LogP contribution in [0.4, 0.5) is 0 Å². The van der Waals surface area contributed by atoms with Gasteiger partial charge in [-0.3, -0.25) is 9.67 Å². The molecule has 0 bridgehead atoms. The van der Waals surface area contributed by atoms with Crippen LogP contribution in [-0.2, 0) is 6.54 Å². The minimum Gasteiger partial charge on any atom is -0.296 e. The molecule has 0 amide bonds. The molecule has 0 saturated heterocycles. The van der Waals surface area contributed by atoms with Crippen LogP contribution in [0, 0.1) is 18.6 Å². The van der Waals surface area contributed by atoms with Gasteiger partial charge in [-0.05, 0) is 31.6 Å². The van der Waals surface area contributed by atoms with Gasteiger partial charge in [0.05, 0.1) is 0 Å². The molecule has 0 aliphatic rings. The lowest BCUT2D eigenvalue weighted by atomic mass is 10.0. The number of thiophene rings is 1. The SMILES string of the molecule is C=CCn1c(-c2csc(C)c2-c2ccc(C)cc2)n[nH]c1=S. The first-order chi connectivity index (χ1) is 10.6. The number of H-pyrrole nitrogens is 1. The zero-order valence-corrected chi connectivity index (χ0v) is 14.2. The summed E-state index contributed by atoms with van der Waals surface area (Å²) in [6.45, 7) is 8.69. The van der Waals surface area contributed by atoms with E-state index >= 15 is 0 Å². The monoisotopic (exact) mass is 327 g/mol. The van der Waals surface area contributed by atoms with Crippen LogP contribution >= 0.6 is 23.6 Å². The zero-order valence-electron chi connectivity index (χ0n) is 12.6. The molecular formula is C17H17N3S2. The van der Waals surface area contributed by atoms with Crippen LogP contribution < -0.4 is 0 Å². The van der Waals surface area contributed by atoms with Crippen molar-refractivity contribution in [2.24, 2.45) is 0 Å². The van der Waals surface area contributed by atoms with Crippen molar-refractivity contribution in [3.8, 4) is 22.5 Å². The number of nitrogens with zero attached hydrogens (tertiary/aromatic N) is 2. The number of hydrogen-bond acceptors (Lipinski definition) is 3. The largest absolute Gasteiger partial charge is 0.296 e. The molecule has 0 aliphatic heterocycles. The fourth-order valence-electron chi connectivity index (χ4n) is 2.52. The van der Waals surface area contributed by atoms with E-state index in [2.05, 4.69) is 60.3 Å². The second-order valence-electron chi connectivity index (χ2n) is 5.20. The molecule has 3 rings (SSSR count). The zero-order chi connectivity index (χ0) is 15.7. The van der Waals surface area contributed by atoms with E-state index in [1.165, 1.54) is 21.6 Å². The van der Waals surface area contributed by atoms with E-state index < -0.39 is 0 Å². The van der Waals surface area contributed by atoms with E-state index in [9.17, 15) is 0 Å². The average Bonchev–Trinajstić information content (AvgIpc) is 3.05. The minimum atomic E-state index is 0.619. The number of aromatic nitrogens is 3. The summed E-state index contributed by atoms with van der Waals surface area (Å²) in [5.74, 6) is 0.866. The van der Waals surface area contributed by atoms with Crippen LogP contribution in [0.25, 0.3) is 22.5 Å². The Labute approximate surface area is 139 Å². The molecule has 0 unspecified atom stereocenters. The lowest BCUT2D eigenvalue weighted by Crippen LogP contribution is -1.98. The predicted molar refractivity (Wildman–Crippen MR) is 95.8 cm³/mol. The van der Waals surface area contributed by atoms with Gasteiger partial charge in [0, 0.05) is 27.9 Å². The number of benzene rings is 1. The maximum absolute atomic E-state index is 5.32. The summed E-state index contributed by atoms with van der Waals surface area (Å²) in [4.78, 5) is 1.28. The van der Waals surface area contributed by atoms with Crippen molar-refractivity contribution >= 4 is 23.6 Å². The van der Waals surface area contributed by atoms with Crippen LogP contribution in [-0.4, -0.2) is 14.8 Å². The number of nitrogens with one attached hydrogen (secondary N) is 1. The third-order valence-corrected chi connectivity index (χ3v) is 4.85. The van der Waals surface area contributed by atoms with E-state index in [1.54, 1.807) is 11.3 Å². The molecule has 1 aromatic carbocycles. The Bertz CT molecular complexity index is 866. The van der Waals surface area contributed by atoms with Gasteiger partial charge in [-0.1, -0.05) is 35.9 Å². The molecule has 2 heterocycles. The standard InChI is InChI=1S/C17H17N3S2/c1-4-9-20-16(18-19-17(20)21)14-10-22-12(3)15(14)13-7-5-11(2)6-8-13/h4-8,10H,1,9H2,2-3H3,(H,19,21). The third-order valence-electron chi connectivity index (χ3n) is 3.63. The molecule has 3 aromatic rings. The summed E-state index contributed by atoms with van der Waals surface area (Å²) in [6, 6.07) is 8.59. The Morgan fingerprint density at radius 3 is 2.73 bits per heavy atom. The number of hydrogen-bond donors (Lipinski definition) is 1. The van der Waals surface area contributed by atoms with Crippen LogP contribution in [0.2, 0.25) is 0 Å². The van der Waals surface area contributed by atoms with Crippen molar-refractivity contribution in [1.29, 1.82) is 0 Å². The molecule has 3 nitrogen and oxygen atoms in total. The van der Waals surface area contributed by atoms with Gasteiger partial charge < -0.3 is 0 Å². The summed E-state index contributed by atoms with van der Waals surface area (Å²) >= 11 is 7.06. The van der Waals surface area contributed by atoms with Crippen LogP contribution in [0.3, 0.4) is 0 Å². The molecule has 0 atom stereocenters. The Hall–Kier alpha value is -1.98. The number of rotatable bonds is 4. The highest BCUT2D eigenvalue weighted by Gasteiger charge is 2.17. The summed E-state index contributed by atoms with van der Waals surface area (Å²) in [5.41, 5.74) is 4.80. The molecule has 2 aromatic heterocycles. The second-order valence-corrected chi connectivity index (χ2v) is 6.67. The van der Waals surface area contributed by atoms with E-state index in [0.717, 1.165) is 11.4 Å². The highest BCUT2D eigenvalue weighted by atomic mass is 32.1. The molecular weight excluding hydrogens is 310 g/mol. The summed E-state index contributed by atoms with van der Waals surface area (Å²) < 4.78 is 2.59. The van der Waals surface area contributed by atoms with E-state index in [4.69, 9.17) is 12.2 Å². The molecule has 5 heteroatoms. The first kappa shape index (κ1) is 14.9. The van der Waals surface area contributed by atoms with Gasteiger partial charge in [-0.25, -0.2) is 0 Å². The molecule has 0 spiro atoms. The predicted octanol–water partition coefficient (Wildman–Crippen LogP) is 5.14. The van der Waals surface area contributed by atoms with Crippen molar-refractivity contribution < 1.29 is 0 Å². The third kappa shape index (κ3) is 2.58. The van der Waals surface area contributed by atoms with Gasteiger partial charge >= 0.3 is 0 Å². The quantitative estimate of drug-likeness (QED) is 0.532. The van der Waals surface area contributed by atoms with E-state index in [0.29, 0.717) is 11.3 Å². The van der Waals surface area contributed by atoms with Crippen LogP contribution in [0.15, 0.2) is 42.3 Å². The molecule has 0 aliphatic carbocycles. The van der Waals surface area contributed by atoms with Gasteiger partial charge in [0.2, 0.25) is 0 Å². The van der Waals surface area contributed by atoms with Gasteiger partial charge in [0.1, 0.15) is 0 Å². The van der Waals surface area contributed by atoms with Gasteiger partial charge in [0.15, 0.2) is 10.6 Å². The Morgan fingerprint density at radius 2 is 2.05 bits per heavy atom. The first-order valence-electron chi connectivity index (χ1n) is 7.03. The fourth-order valence-corrected chi connectivity index (χ4v) is 3.59.